The first-order chi connectivity index (χ1) is 8.52. The second kappa shape index (κ2) is 5.71. The Morgan fingerprint density at radius 3 is 2.78 bits per heavy atom. The highest BCUT2D eigenvalue weighted by Crippen LogP contribution is 2.30. The number of aromatic nitrogens is 2. The third-order valence-corrected chi connectivity index (χ3v) is 4.45. The molecule has 0 aliphatic carbocycles. The van der Waals surface area contributed by atoms with Crippen molar-refractivity contribution in [1.82, 2.24) is 9.97 Å². The van der Waals surface area contributed by atoms with Crippen LogP contribution in [0.5, 0.6) is 0 Å². The first-order valence-corrected chi connectivity index (χ1v) is 7.55. The van der Waals surface area contributed by atoms with Gasteiger partial charge in [-0.15, -0.1) is 0 Å². The summed E-state index contributed by atoms with van der Waals surface area (Å²) in [6, 6.07) is 5.58. The van der Waals surface area contributed by atoms with Crippen LogP contribution in [0.3, 0.4) is 0 Å². The summed E-state index contributed by atoms with van der Waals surface area (Å²) >= 11 is 11.8. The Hall–Kier alpha value is -0.400. The van der Waals surface area contributed by atoms with Crippen LogP contribution in [0.15, 0.2) is 22.7 Å². The lowest BCUT2D eigenvalue weighted by atomic mass is 10.2. The molecule has 1 aromatic carbocycles. The highest BCUT2D eigenvalue weighted by Gasteiger charge is 2.12. The Labute approximate surface area is 132 Å². The van der Waals surface area contributed by atoms with E-state index in [2.05, 4.69) is 48.5 Å². The molecule has 18 heavy (non-hydrogen) atoms. The van der Waals surface area contributed by atoms with Gasteiger partial charge >= 0.3 is 0 Å². The molecule has 1 aromatic heterocycles. The fourth-order valence-corrected chi connectivity index (χ4v) is 2.72. The molecule has 0 saturated carbocycles. The summed E-state index contributed by atoms with van der Waals surface area (Å²) < 4.78 is 1.84. The highest BCUT2D eigenvalue weighted by molar-refractivity contribution is 14.1. The van der Waals surface area contributed by atoms with Gasteiger partial charge in [0.15, 0.2) is 5.82 Å². The van der Waals surface area contributed by atoms with Crippen molar-refractivity contribution < 1.29 is 0 Å². The van der Waals surface area contributed by atoms with Gasteiger partial charge in [0.2, 0.25) is 0 Å². The number of benzene rings is 1. The Morgan fingerprint density at radius 2 is 2.11 bits per heavy atom. The first kappa shape index (κ1) is 14.0. The molecule has 6 heteroatoms. The van der Waals surface area contributed by atoms with Gasteiger partial charge in [-0.1, -0.05) is 34.5 Å². The number of nitrogen functional groups attached to an aromatic ring is 1. The molecule has 94 valence electrons. The maximum Gasteiger partial charge on any atom is 0.163 e. The zero-order valence-corrected chi connectivity index (χ0v) is 14.0. The second-order valence-corrected chi connectivity index (χ2v) is 6.07. The third kappa shape index (κ3) is 2.78. The predicted molar refractivity (Wildman–Crippen MR) is 86.7 cm³/mol. The van der Waals surface area contributed by atoms with Crippen LogP contribution < -0.4 is 5.73 Å². The SMILES string of the molecule is CCc1nc(-c2cc(Br)ccc2Cl)nc(N)c1I. The van der Waals surface area contributed by atoms with Gasteiger partial charge in [-0.05, 0) is 47.2 Å². The Morgan fingerprint density at radius 1 is 1.39 bits per heavy atom. The van der Waals surface area contributed by atoms with E-state index < -0.39 is 0 Å². The number of halogens is 3. The molecule has 3 nitrogen and oxygen atoms in total. The number of nitrogens with two attached hydrogens (primary N) is 1. The molecule has 2 aromatic rings. The van der Waals surface area contributed by atoms with Gasteiger partial charge in [-0.2, -0.15) is 0 Å². The van der Waals surface area contributed by atoms with Crippen LogP contribution in [0.25, 0.3) is 11.4 Å². The minimum atomic E-state index is 0.494. The number of hydrogen-bond donors (Lipinski definition) is 1. The minimum Gasteiger partial charge on any atom is -0.383 e. The normalized spacial score (nSPS) is 10.7. The summed E-state index contributed by atoms with van der Waals surface area (Å²) in [5, 5.41) is 0.612. The van der Waals surface area contributed by atoms with Crippen molar-refractivity contribution in [1.29, 1.82) is 0 Å². The maximum atomic E-state index is 6.17. The summed E-state index contributed by atoms with van der Waals surface area (Å²) in [5.74, 6) is 1.06. The van der Waals surface area contributed by atoms with Gasteiger partial charge in [-0.25, -0.2) is 9.97 Å². The lowest BCUT2D eigenvalue weighted by Gasteiger charge is -2.09. The fourth-order valence-electron chi connectivity index (χ4n) is 1.54. The van der Waals surface area contributed by atoms with Gasteiger partial charge in [0.05, 0.1) is 14.3 Å². The average Bonchev–Trinajstić information content (AvgIpc) is 2.35. The van der Waals surface area contributed by atoms with Crippen LogP contribution in [0.4, 0.5) is 5.82 Å². The molecule has 0 fully saturated rings. The van der Waals surface area contributed by atoms with E-state index in [0.29, 0.717) is 16.7 Å². The lowest BCUT2D eigenvalue weighted by molar-refractivity contribution is 0.994. The van der Waals surface area contributed by atoms with Gasteiger partial charge in [0.1, 0.15) is 5.82 Å². The number of anilines is 1. The van der Waals surface area contributed by atoms with E-state index in [0.717, 1.165) is 25.7 Å². The zero-order valence-electron chi connectivity index (χ0n) is 9.54. The smallest absolute Gasteiger partial charge is 0.163 e. The predicted octanol–water partition coefficient (Wildman–Crippen LogP) is 4.31. The topological polar surface area (TPSA) is 51.8 Å². The number of rotatable bonds is 2. The van der Waals surface area contributed by atoms with Crippen LogP contribution in [-0.2, 0) is 6.42 Å². The summed E-state index contributed by atoms with van der Waals surface area (Å²) in [6.07, 6.45) is 0.809. The molecule has 2 N–H and O–H groups in total. The largest absolute Gasteiger partial charge is 0.383 e. The van der Waals surface area contributed by atoms with E-state index >= 15 is 0 Å². The van der Waals surface area contributed by atoms with Gasteiger partial charge in [0.25, 0.3) is 0 Å². The molecule has 0 radical (unpaired) electrons. The van der Waals surface area contributed by atoms with E-state index in [1.165, 1.54) is 0 Å². The summed E-state index contributed by atoms with van der Waals surface area (Å²) in [7, 11) is 0. The van der Waals surface area contributed by atoms with Crippen molar-refractivity contribution >= 4 is 55.9 Å². The molecule has 0 bridgehead atoms. The van der Waals surface area contributed by atoms with Gasteiger partial charge in [0, 0.05) is 10.0 Å². The molecule has 2 rings (SSSR count). The average molecular weight is 438 g/mol. The molecule has 0 amide bonds. The van der Waals surface area contributed by atoms with Crippen molar-refractivity contribution in [3.63, 3.8) is 0 Å². The lowest BCUT2D eigenvalue weighted by Crippen LogP contribution is -2.04. The van der Waals surface area contributed by atoms with E-state index in [1.807, 2.05) is 25.1 Å². The van der Waals surface area contributed by atoms with Crippen molar-refractivity contribution in [2.75, 3.05) is 5.73 Å². The molecule has 0 spiro atoms. The zero-order chi connectivity index (χ0) is 13.3. The maximum absolute atomic E-state index is 6.17. The van der Waals surface area contributed by atoms with E-state index in [9.17, 15) is 0 Å². The number of aryl methyl sites for hydroxylation is 1. The van der Waals surface area contributed by atoms with Gasteiger partial charge in [-0.3, -0.25) is 0 Å². The molecule has 0 aliphatic heterocycles. The van der Waals surface area contributed by atoms with Crippen LogP contribution in [0.2, 0.25) is 5.02 Å². The minimum absolute atomic E-state index is 0.494. The fraction of sp³-hybridized carbons (Fsp3) is 0.167. The van der Waals surface area contributed by atoms with Crippen molar-refractivity contribution in [3.05, 3.63) is 37.0 Å². The Bertz CT molecular complexity index is 604. The van der Waals surface area contributed by atoms with E-state index in [1.54, 1.807) is 0 Å². The highest BCUT2D eigenvalue weighted by atomic mass is 127. The third-order valence-electron chi connectivity index (χ3n) is 2.45. The summed E-state index contributed by atoms with van der Waals surface area (Å²) in [6.45, 7) is 2.04. The first-order valence-electron chi connectivity index (χ1n) is 5.30. The van der Waals surface area contributed by atoms with Crippen LogP contribution >= 0.6 is 50.1 Å². The number of nitrogens with zero attached hydrogens (tertiary/aromatic N) is 2. The van der Waals surface area contributed by atoms with Crippen LogP contribution in [-0.4, -0.2) is 9.97 Å². The van der Waals surface area contributed by atoms with Crippen molar-refractivity contribution in [2.45, 2.75) is 13.3 Å². The van der Waals surface area contributed by atoms with Crippen molar-refractivity contribution in [3.8, 4) is 11.4 Å². The molecule has 0 saturated heterocycles. The molecule has 1 heterocycles. The van der Waals surface area contributed by atoms with Gasteiger partial charge < -0.3 is 5.73 Å². The Balaban J connectivity index is 2.64. The molecular formula is C12H10BrClIN3. The standard InChI is InChI=1S/C12H10BrClIN3/c1-2-9-10(15)11(16)18-12(17-9)7-5-6(13)3-4-8(7)14/h3-5H,2H2,1H3,(H2,16,17,18). The van der Waals surface area contributed by atoms with Crippen LogP contribution in [0.1, 0.15) is 12.6 Å². The summed E-state index contributed by atoms with van der Waals surface area (Å²) in [5.41, 5.74) is 7.63. The van der Waals surface area contributed by atoms with E-state index in [4.69, 9.17) is 17.3 Å². The van der Waals surface area contributed by atoms with E-state index in [-0.39, 0.29) is 0 Å². The molecular weight excluding hydrogens is 428 g/mol. The quantitative estimate of drug-likeness (QED) is 0.711. The summed E-state index contributed by atoms with van der Waals surface area (Å²) in [4.78, 5) is 8.83. The molecule has 0 unspecified atom stereocenters. The monoisotopic (exact) mass is 437 g/mol. The Kier molecular flexibility index (Phi) is 4.45. The molecule has 0 atom stereocenters. The molecule has 0 aliphatic rings. The second-order valence-electron chi connectivity index (χ2n) is 3.67. The van der Waals surface area contributed by atoms with Crippen molar-refractivity contribution in [2.24, 2.45) is 0 Å². The van der Waals surface area contributed by atoms with Crippen LogP contribution in [0, 0.1) is 3.57 Å². The number of hydrogen-bond acceptors (Lipinski definition) is 3.